The van der Waals surface area contributed by atoms with Crippen LogP contribution in [0.1, 0.15) is 27.2 Å². The molecule has 0 fully saturated rings. The zero-order chi connectivity index (χ0) is 24.5. The number of carbonyl (C=O) groups excluding carboxylic acids is 2. The number of nitrogens with zero attached hydrogens (tertiary/aromatic N) is 2. The van der Waals surface area contributed by atoms with Crippen molar-refractivity contribution < 1.29 is 14.0 Å². The van der Waals surface area contributed by atoms with E-state index in [1.165, 1.54) is 18.2 Å². The minimum absolute atomic E-state index is 0.0781. The molecule has 176 valence electrons. The summed E-state index contributed by atoms with van der Waals surface area (Å²) in [5, 5.41) is 2.92. The van der Waals surface area contributed by atoms with Gasteiger partial charge >= 0.3 is 0 Å². The van der Waals surface area contributed by atoms with Crippen molar-refractivity contribution in [1.29, 1.82) is 0 Å². The number of hydrogen-bond acceptors (Lipinski definition) is 3. The highest BCUT2D eigenvalue weighted by Crippen LogP contribution is 2.22. The van der Waals surface area contributed by atoms with Crippen LogP contribution in [-0.4, -0.2) is 23.3 Å². The number of pyridine rings is 1. The molecule has 0 unspecified atom stereocenters. The molecule has 0 radical (unpaired) electrons. The van der Waals surface area contributed by atoms with Crippen LogP contribution in [-0.2, 0) is 24.2 Å². The molecule has 5 nitrogen and oxygen atoms in total. The van der Waals surface area contributed by atoms with Gasteiger partial charge in [-0.25, -0.2) is 4.39 Å². The molecule has 0 saturated carbocycles. The largest absolute Gasteiger partial charge is 0.355 e. The number of benzene rings is 3. The molecule has 35 heavy (non-hydrogen) atoms. The van der Waals surface area contributed by atoms with E-state index in [9.17, 15) is 14.0 Å². The van der Waals surface area contributed by atoms with Gasteiger partial charge < -0.3 is 10.2 Å². The lowest BCUT2D eigenvalue weighted by Gasteiger charge is -2.23. The highest BCUT2D eigenvalue weighted by molar-refractivity contribution is 6.06. The molecule has 3 aromatic carbocycles. The number of rotatable bonds is 9. The monoisotopic (exact) mass is 467 g/mol. The van der Waals surface area contributed by atoms with Gasteiger partial charge in [-0.3, -0.25) is 14.6 Å². The summed E-state index contributed by atoms with van der Waals surface area (Å²) in [5.74, 6) is -0.834. The van der Waals surface area contributed by atoms with Crippen molar-refractivity contribution in [2.75, 3.05) is 11.4 Å². The first-order chi connectivity index (χ1) is 17.1. The first kappa shape index (κ1) is 23.8. The van der Waals surface area contributed by atoms with E-state index in [0.717, 1.165) is 16.8 Å². The highest BCUT2D eigenvalue weighted by Gasteiger charge is 2.19. The fraction of sp³-hybridized carbons (Fsp3) is 0.138. The summed E-state index contributed by atoms with van der Waals surface area (Å²) in [4.78, 5) is 31.5. The third-order valence-corrected chi connectivity index (χ3v) is 5.54. The molecule has 0 aliphatic carbocycles. The van der Waals surface area contributed by atoms with E-state index >= 15 is 0 Å². The van der Waals surface area contributed by atoms with Crippen molar-refractivity contribution in [3.8, 4) is 0 Å². The minimum Gasteiger partial charge on any atom is -0.355 e. The number of halogens is 1. The number of nitrogens with one attached hydrogen (secondary N) is 1. The minimum atomic E-state index is -0.458. The van der Waals surface area contributed by atoms with Gasteiger partial charge in [-0.05, 0) is 53.6 Å². The maximum absolute atomic E-state index is 13.8. The van der Waals surface area contributed by atoms with Crippen LogP contribution in [0.5, 0.6) is 0 Å². The van der Waals surface area contributed by atoms with Crippen molar-refractivity contribution in [2.24, 2.45) is 0 Å². The second-order valence-electron chi connectivity index (χ2n) is 8.15. The number of amides is 2. The predicted molar refractivity (Wildman–Crippen MR) is 134 cm³/mol. The Morgan fingerprint density at radius 2 is 1.60 bits per heavy atom. The van der Waals surface area contributed by atoms with E-state index < -0.39 is 5.82 Å². The third kappa shape index (κ3) is 6.84. The summed E-state index contributed by atoms with van der Waals surface area (Å²) in [6, 6.07) is 28.3. The molecule has 0 atom stereocenters. The Kier molecular flexibility index (Phi) is 7.96. The number of hydrogen-bond donors (Lipinski definition) is 1. The van der Waals surface area contributed by atoms with Crippen LogP contribution in [0.4, 0.5) is 10.1 Å². The van der Waals surface area contributed by atoms with Gasteiger partial charge in [0.15, 0.2) is 0 Å². The van der Waals surface area contributed by atoms with Crippen LogP contribution < -0.4 is 10.2 Å². The van der Waals surface area contributed by atoms with Gasteiger partial charge in [-0.1, -0.05) is 54.6 Å². The van der Waals surface area contributed by atoms with E-state index in [1.807, 2.05) is 72.8 Å². The average Bonchev–Trinajstić information content (AvgIpc) is 2.89. The SMILES string of the molecule is O=C(Cc1ccc(N(Cc2ccccc2)C(=O)c2cccc(F)c2)cc1)NCCc1ccccn1. The summed E-state index contributed by atoms with van der Waals surface area (Å²) in [7, 11) is 0. The van der Waals surface area contributed by atoms with Crippen molar-refractivity contribution >= 4 is 17.5 Å². The van der Waals surface area contributed by atoms with Gasteiger partial charge in [0.05, 0.1) is 13.0 Å². The summed E-state index contributed by atoms with van der Waals surface area (Å²) < 4.78 is 13.8. The maximum Gasteiger partial charge on any atom is 0.258 e. The molecule has 0 saturated heterocycles. The van der Waals surface area contributed by atoms with Crippen molar-refractivity contribution in [3.05, 3.63) is 131 Å². The molecular weight excluding hydrogens is 441 g/mol. The van der Waals surface area contributed by atoms with Crippen LogP contribution in [0.15, 0.2) is 103 Å². The number of aromatic nitrogens is 1. The molecule has 1 N–H and O–H groups in total. The second-order valence-corrected chi connectivity index (χ2v) is 8.15. The van der Waals surface area contributed by atoms with Crippen LogP contribution in [0.2, 0.25) is 0 Å². The lowest BCUT2D eigenvalue weighted by molar-refractivity contribution is -0.120. The molecular formula is C29H26FN3O2. The second kappa shape index (κ2) is 11.7. The quantitative estimate of drug-likeness (QED) is 0.378. The van der Waals surface area contributed by atoms with Gasteiger partial charge in [0.1, 0.15) is 5.82 Å². The summed E-state index contributed by atoms with van der Waals surface area (Å²) >= 11 is 0. The lowest BCUT2D eigenvalue weighted by atomic mass is 10.1. The number of anilines is 1. The maximum atomic E-state index is 13.8. The van der Waals surface area contributed by atoms with Crippen molar-refractivity contribution in [3.63, 3.8) is 0 Å². The molecule has 2 amide bonds. The van der Waals surface area contributed by atoms with Crippen LogP contribution in [0.25, 0.3) is 0 Å². The molecule has 1 aromatic heterocycles. The average molecular weight is 468 g/mol. The fourth-order valence-electron chi connectivity index (χ4n) is 3.74. The molecule has 0 spiro atoms. The zero-order valence-electron chi connectivity index (χ0n) is 19.2. The van der Waals surface area contributed by atoms with Gasteiger partial charge in [0, 0.05) is 36.1 Å². The molecule has 0 aliphatic rings. The zero-order valence-corrected chi connectivity index (χ0v) is 19.2. The lowest BCUT2D eigenvalue weighted by Crippen LogP contribution is -2.30. The summed E-state index contributed by atoms with van der Waals surface area (Å²) in [6.07, 6.45) is 2.64. The number of carbonyl (C=O) groups is 2. The fourth-order valence-corrected chi connectivity index (χ4v) is 3.74. The van der Waals surface area contributed by atoms with Gasteiger partial charge in [-0.15, -0.1) is 0 Å². The van der Waals surface area contributed by atoms with Crippen molar-refractivity contribution in [1.82, 2.24) is 10.3 Å². The van der Waals surface area contributed by atoms with E-state index in [0.29, 0.717) is 25.2 Å². The first-order valence-corrected chi connectivity index (χ1v) is 11.5. The third-order valence-electron chi connectivity index (χ3n) is 5.54. The van der Waals surface area contributed by atoms with E-state index in [4.69, 9.17) is 0 Å². The Hall–Kier alpha value is -4.32. The first-order valence-electron chi connectivity index (χ1n) is 11.5. The van der Waals surface area contributed by atoms with E-state index in [2.05, 4.69) is 10.3 Å². The van der Waals surface area contributed by atoms with E-state index in [1.54, 1.807) is 17.2 Å². The van der Waals surface area contributed by atoms with E-state index in [-0.39, 0.29) is 23.8 Å². The topological polar surface area (TPSA) is 62.3 Å². The predicted octanol–water partition coefficient (Wildman–Crippen LogP) is 4.97. The molecule has 6 heteroatoms. The smallest absolute Gasteiger partial charge is 0.258 e. The van der Waals surface area contributed by atoms with Crippen molar-refractivity contribution in [2.45, 2.75) is 19.4 Å². The normalized spacial score (nSPS) is 10.5. The Morgan fingerprint density at radius 1 is 0.829 bits per heavy atom. The van der Waals surface area contributed by atoms with Gasteiger partial charge in [-0.2, -0.15) is 0 Å². The molecule has 4 rings (SSSR count). The molecule has 0 bridgehead atoms. The van der Waals surface area contributed by atoms with Gasteiger partial charge in [0.25, 0.3) is 5.91 Å². The Labute approximate surface area is 204 Å². The Balaban J connectivity index is 1.44. The summed E-state index contributed by atoms with van der Waals surface area (Å²) in [6.45, 7) is 0.852. The standard InChI is InChI=1S/C29H26FN3O2/c30-25-10-6-9-24(20-25)29(35)33(21-23-7-2-1-3-8-23)27-14-12-22(13-15-27)19-28(34)32-18-16-26-11-4-5-17-31-26/h1-15,17,20H,16,18-19,21H2,(H,32,34). The Morgan fingerprint density at radius 3 is 2.31 bits per heavy atom. The van der Waals surface area contributed by atoms with Crippen LogP contribution in [0.3, 0.4) is 0 Å². The Bertz CT molecular complexity index is 1260. The van der Waals surface area contributed by atoms with Gasteiger partial charge in [0.2, 0.25) is 5.91 Å². The van der Waals surface area contributed by atoms with Crippen LogP contribution in [0, 0.1) is 5.82 Å². The molecule has 0 aliphatic heterocycles. The molecule has 4 aromatic rings. The molecule has 1 heterocycles. The summed E-state index contributed by atoms with van der Waals surface area (Å²) in [5.41, 5.74) is 3.66. The highest BCUT2D eigenvalue weighted by atomic mass is 19.1. The van der Waals surface area contributed by atoms with Crippen LogP contribution >= 0.6 is 0 Å².